The van der Waals surface area contributed by atoms with Crippen LogP contribution in [0.2, 0.25) is 5.15 Å². The lowest BCUT2D eigenvalue weighted by Gasteiger charge is -2.19. The van der Waals surface area contributed by atoms with Crippen molar-refractivity contribution < 1.29 is 0 Å². The topological polar surface area (TPSA) is 58.1 Å². The first kappa shape index (κ1) is 12.0. The average molecular weight is 232 g/mol. The van der Waals surface area contributed by atoms with Gasteiger partial charge in [-0.1, -0.05) is 11.6 Å². The van der Waals surface area contributed by atoms with Crippen molar-refractivity contribution in [3.63, 3.8) is 0 Å². The first-order chi connectivity index (χ1) is 6.91. The molecule has 1 atom stereocenters. The number of likely N-dealkylation sites (N-methyl/N-ethyl adjacent to an activating group) is 1. The molecule has 0 aliphatic rings. The SMILES string of the molecule is CC(Cn1c(=O)cc(Cl)[nH]c1=O)N(C)C. The minimum absolute atomic E-state index is 0.0683. The Bertz CT molecular complexity index is 418. The Morgan fingerprint density at radius 2 is 2.13 bits per heavy atom. The van der Waals surface area contributed by atoms with E-state index in [-0.39, 0.29) is 16.8 Å². The zero-order chi connectivity index (χ0) is 11.6. The van der Waals surface area contributed by atoms with Crippen molar-refractivity contribution >= 4 is 11.6 Å². The molecule has 1 rings (SSSR count). The summed E-state index contributed by atoms with van der Waals surface area (Å²) in [5.74, 6) is 0. The summed E-state index contributed by atoms with van der Waals surface area (Å²) in [6.45, 7) is 2.28. The fourth-order valence-electron chi connectivity index (χ4n) is 1.09. The maximum absolute atomic E-state index is 11.5. The van der Waals surface area contributed by atoms with Gasteiger partial charge in [-0.2, -0.15) is 0 Å². The number of aromatic amines is 1. The lowest BCUT2D eigenvalue weighted by molar-refractivity contribution is 0.278. The Labute approximate surface area is 92.3 Å². The van der Waals surface area contributed by atoms with Crippen LogP contribution in [0.3, 0.4) is 0 Å². The molecule has 0 aliphatic heterocycles. The molecule has 1 heterocycles. The van der Waals surface area contributed by atoms with Crippen molar-refractivity contribution in [3.05, 3.63) is 32.1 Å². The Morgan fingerprint density at radius 1 is 1.53 bits per heavy atom. The molecule has 0 amide bonds. The third-order valence-corrected chi connectivity index (χ3v) is 2.52. The van der Waals surface area contributed by atoms with E-state index < -0.39 is 5.69 Å². The van der Waals surface area contributed by atoms with Gasteiger partial charge in [0.25, 0.3) is 5.56 Å². The minimum atomic E-state index is -0.471. The van der Waals surface area contributed by atoms with E-state index in [1.807, 2.05) is 25.9 Å². The molecule has 0 saturated heterocycles. The van der Waals surface area contributed by atoms with Gasteiger partial charge in [0, 0.05) is 18.7 Å². The van der Waals surface area contributed by atoms with Gasteiger partial charge in [-0.05, 0) is 21.0 Å². The molecule has 0 fully saturated rings. The molecule has 1 aromatic rings. The van der Waals surface area contributed by atoms with Crippen LogP contribution in [0.15, 0.2) is 15.7 Å². The number of rotatable bonds is 3. The van der Waals surface area contributed by atoms with E-state index in [0.717, 1.165) is 4.57 Å². The van der Waals surface area contributed by atoms with E-state index >= 15 is 0 Å². The molecule has 0 radical (unpaired) electrons. The van der Waals surface area contributed by atoms with Crippen molar-refractivity contribution in [3.8, 4) is 0 Å². The molecule has 0 aromatic carbocycles. The van der Waals surface area contributed by atoms with Crippen LogP contribution in [0.5, 0.6) is 0 Å². The van der Waals surface area contributed by atoms with Gasteiger partial charge >= 0.3 is 5.69 Å². The Kier molecular flexibility index (Phi) is 3.71. The molecule has 84 valence electrons. The summed E-state index contributed by atoms with van der Waals surface area (Å²) in [6.07, 6.45) is 0. The van der Waals surface area contributed by atoms with Crippen molar-refractivity contribution in [2.24, 2.45) is 0 Å². The average Bonchev–Trinajstić information content (AvgIpc) is 2.10. The van der Waals surface area contributed by atoms with Crippen LogP contribution in [0.4, 0.5) is 0 Å². The van der Waals surface area contributed by atoms with Gasteiger partial charge in [-0.25, -0.2) is 4.79 Å². The van der Waals surface area contributed by atoms with E-state index in [0.29, 0.717) is 6.54 Å². The van der Waals surface area contributed by atoms with Gasteiger partial charge < -0.3 is 4.90 Å². The number of H-pyrrole nitrogens is 1. The largest absolute Gasteiger partial charge is 0.329 e. The lowest BCUT2D eigenvalue weighted by atomic mass is 10.3. The number of nitrogens with one attached hydrogen (secondary N) is 1. The van der Waals surface area contributed by atoms with Gasteiger partial charge in [0.2, 0.25) is 0 Å². The van der Waals surface area contributed by atoms with Crippen LogP contribution in [-0.2, 0) is 6.54 Å². The highest BCUT2D eigenvalue weighted by molar-refractivity contribution is 6.29. The molecule has 15 heavy (non-hydrogen) atoms. The molecule has 6 heteroatoms. The van der Waals surface area contributed by atoms with Crippen LogP contribution in [0.25, 0.3) is 0 Å². The molecule has 0 bridgehead atoms. The molecular weight excluding hydrogens is 218 g/mol. The summed E-state index contributed by atoms with van der Waals surface area (Å²) < 4.78 is 1.14. The van der Waals surface area contributed by atoms with Crippen LogP contribution in [0, 0.1) is 0 Å². The Morgan fingerprint density at radius 3 is 2.60 bits per heavy atom. The van der Waals surface area contributed by atoms with Crippen molar-refractivity contribution in [1.29, 1.82) is 0 Å². The second kappa shape index (κ2) is 4.63. The highest BCUT2D eigenvalue weighted by atomic mass is 35.5. The molecule has 0 aliphatic carbocycles. The quantitative estimate of drug-likeness (QED) is 0.753. The van der Waals surface area contributed by atoms with Crippen LogP contribution in [0.1, 0.15) is 6.92 Å². The van der Waals surface area contributed by atoms with Crippen molar-refractivity contribution in [2.75, 3.05) is 14.1 Å². The van der Waals surface area contributed by atoms with E-state index in [4.69, 9.17) is 11.6 Å². The minimum Gasteiger partial charge on any atom is -0.305 e. The van der Waals surface area contributed by atoms with Gasteiger partial charge in [-0.3, -0.25) is 14.3 Å². The predicted molar refractivity (Wildman–Crippen MR) is 59.5 cm³/mol. The maximum atomic E-state index is 11.5. The highest BCUT2D eigenvalue weighted by Gasteiger charge is 2.09. The van der Waals surface area contributed by atoms with Crippen LogP contribution >= 0.6 is 11.6 Å². The summed E-state index contributed by atoms with van der Waals surface area (Å²) in [7, 11) is 3.78. The molecule has 5 nitrogen and oxygen atoms in total. The predicted octanol–water partition coefficient (Wildman–Crippen LogP) is 0.140. The van der Waals surface area contributed by atoms with E-state index in [1.54, 1.807) is 0 Å². The number of halogens is 1. The first-order valence-corrected chi connectivity index (χ1v) is 4.95. The third kappa shape index (κ3) is 2.94. The van der Waals surface area contributed by atoms with E-state index in [2.05, 4.69) is 4.98 Å². The Hall–Kier alpha value is -1.07. The zero-order valence-corrected chi connectivity index (χ0v) is 9.71. The molecular formula is C9H14ClN3O2. The fourth-order valence-corrected chi connectivity index (χ4v) is 1.27. The molecule has 0 spiro atoms. The summed E-state index contributed by atoms with van der Waals surface area (Å²) >= 11 is 5.54. The van der Waals surface area contributed by atoms with Crippen LogP contribution < -0.4 is 11.2 Å². The molecule has 0 saturated carbocycles. The second-order valence-electron chi connectivity index (χ2n) is 3.68. The fraction of sp³-hybridized carbons (Fsp3) is 0.556. The van der Waals surface area contributed by atoms with Crippen LogP contribution in [-0.4, -0.2) is 34.6 Å². The highest BCUT2D eigenvalue weighted by Crippen LogP contribution is 1.96. The normalized spacial score (nSPS) is 13.1. The summed E-state index contributed by atoms with van der Waals surface area (Å²) in [5.41, 5.74) is -0.848. The molecule has 1 unspecified atom stereocenters. The van der Waals surface area contributed by atoms with Crippen molar-refractivity contribution in [2.45, 2.75) is 19.5 Å². The second-order valence-corrected chi connectivity index (χ2v) is 4.09. The number of aromatic nitrogens is 2. The molecule has 1 aromatic heterocycles. The smallest absolute Gasteiger partial charge is 0.305 e. The monoisotopic (exact) mass is 231 g/mol. The standard InChI is InChI=1S/C9H14ClN3O2/c1-6(12(2)3)5-13-8(14)4-7(10)11-9(13)15/h4,6H,5H2,1-3H3,(H,11,15). The van der Waals surface area contributed by atoms with Crippen molar-refractivity contribution in [1.82, 2.24) is 14.5 Å². The lowest BCUT2D eigenvalue weighted by Crippen LogP contribution is -2.41. The van der Waals surface area contributed by atoms with Gasteiger partial charge in [-0.15, -0.1) is 0 Å². The first-order valence-electron chi connectivity index (χ1n) is 4.58. The maximum Gasteiger partial charge on any atom is 0.329 e. The van der Waals surface area contributed by atoms with E-state index in [1.165, 1.54) is 6.07 Å². The summed E-state index contributed by atoms with van der Waals surface area (Å²) in [4.78, 5) is 27.2. The van der Waals surface area contributed by atoms with Gasteiger partial charge in [0.05, 0.1) is 0 Å². The zero-order valence-electron chi connectivity index (χ0n) is 8.95. The summed E-state index contributed by atoms with van der Waals surface area (Å²) in [6, 6.07) is 1.30. The number of hydrogen-bond acceptors (Lipinski definition) is 3. The number of nitrogens with zero attached hydrogens (tertiary/aromatic N) is 2. The summed E-state index contributed by atoms with van der Waals surface area (Å²) in [5, 5.41) is 0.0683. The Balaban J connectivity index is 3.06. The molecule has 1 N–H and O–H groups in total. The van der Waals surface area contributed by atoms with Gasteiger partial charge in [0.15, 0.2) is 0 Å². The van der Waals surface area contributed by atoms with E-state index in [9.17, 15) is 9.59 Å². The number of hydrogen-bond donors (Lipinski definition) is 1. The van der Waals surface area contributed by atoms with Gasteiger partial charge in [0.1, 0.15) is 5.15 Å². The third-order valence-electron chi connectivity index (χ3n) is 2.32.